The van der Waals surface area contributed by atoms with Crippen molar-refractivity contribution in [2.75, 3.05) is 13.7 Å². The molecule has 0 aliphatic carbocycles. The van der Waals surface area contributed by atoms with E-state index < -0.39 is 67.5 Å². The summed E-state index contributed by atoms with van der Waals surface area (Å²) in [5.41, 5.74) is 1.65. The van der Waals surface area contributed by atoms with Crippen molar-refractivity contribution in [3.05, 3.63) is 72.2 Å². The number of rotatable bonds is 10. The van der Waals surface area contributed by atoms with E-state index in [0.717, 1.165) is 5.56 Å². The molecule has 0 unspecified atom stereocenters. The molecule has 1 aliphatic rings. The number of esters is 1. The van der Waals surface area contributed by atoms with Gasteiger partial charge < -0.3 is 0 Å². The van der Waals surface area contributed by atoms with Gasteiger partial charge in [-0.05, 0) is 0 Å². The average Bonchev–Trinajstić information content (AvgIpc) is 3.43. The van der Waals surface area contributed by atoms with Crippen LogP contribution in [0.15, 0.2) is 60.8 Å². The van der Waals surface area contributed by atoms with Gasteiger partial charge in [-0.1, -0.05) is 0 Å². The molecule has 2 aromatic carbocycles. The number of hydrogen-bond acceptors (Lipinski definition) is 9. The van der Waals surface area contributed by atoms with E-state index in [9.17, 15) is 29.3 Å². The summed E-state index contributed by atoms with van der Waals surface area (Å²) in [5.74, 6) is -1.48. The van der Waals surface area contributed by atoms with E-state index in [4.69, 9.17) is 9.47 Å². The van der Waals surface area contributed by atoms with Gasteiger partial charge in [-0.25, -0.2) is 0 Å². The number of nitrogens with one attached hydrogen (secondary N) is 1. The first-order valence-electron chi connectivity index (χ1n) is 12.1. The van der Waals surface area contributed by atoms with E-state index in [1.54, 1.807) is 6.07 Å². The third-order valence-corrected chi connectivity index (χ3v) is 9.07. The molecule has 4 N–H and O–H groups in total. The number of amides is 1. The van der Waals surface area contributed by atoms with Gasteiger partial charge in [-0.3, -0.25) is 0 Å². The molecule has 208 valence electrons. The Morgan fingerprint density at radius 3 is 2.64 bits per heavy atom. The number of halogens is 1. The molecule has 1 saturated heterocycles. The van der Waals surface area contributed by atoms with Crippen molar-refractivity contribution < 1.29 is 38.8 Å². The quantitative estimate of drug-likeness (QED) is 0.190. The Morgan fingerprint density at radius 1 is 1.18 bits per heavy atom. The number of carbonyl (C=O) groups excluding carboxylic acids is 2. The monoisotopic (exact) mass is 608 g/mol. The van der Waals surface area contributed by atoms with Gasteiger partial charge in [0.1, 0.15) is 0 Å². The molecule has 4 rings (SSSR count). The van der Waals surface area contributed by atoms with Crippen LogP contribution in [-0.4, -0.2) is 94.2 Å². The van der Waals surface area contributed by atoms with E-state index in [-0.39, 0.29) is 18.9 Å². The van der Waals surface area contributed by atoms with Crippen LogP contribution in [0.2, 0.25) is 4.82 Å². The summed E-state index contributed by atoms with van der Waals surface area (Å²) >= 11 is -0.853. The zero-order valence-corrected chi connectivity index (χ0v) is 22.7. The maximum atomic E-state index is 13.7. The van der Waals surface area contributed by atoms with E-state index >= 15 is 0 Å². The van der Waals surface area contributed by atoms with E-state index in [0.29, 0.717) is 11.3 Å². The zero-order valence-electron chi connectivity index (χ0n) is 21.0. The van der Waals surface area contributed by atoms with Gasteiger partial charge in [0, 0.05) is 0 Å². The van der Waals surface area contributed by atoms with Crippen molar-refractivity contribution in [3.8, 4) is 11.3 Å². The van der Waals surface area contributed by atoms with Gasteiger partial charge in [-0.2, -0.15) is 0 Å². The molecule has 1 fully saturated rings. The van der Waals surface area contributed by atoms with Gasteiger partial charge in [0.05, 0.1) is 0 Å². The SMILES string of the molecule is COC(=O)[C@@H](CC(=O)NCc1ccccc1)[Se][C@@H]1O[C@H](CO)[C@H](O)[C@H](n2cc(-c3cccc(F)c3)nn2)[C@H]1O. The van der Waals surface area contributed by atoms with Gasteiger partial charge in [0.25, 0.3) is 0 Å². The van der Waals surface area contributed by atoms with Crippen LogP contribution >= 0.6 is 0 Å². The molecule has 0 radical (unpaired) electrons. The minimum absolute atomic E-state index is 0.198. The predicted octanol–water partition coefficient (Wildman–Crippen LogP) is 0.436. The summed E-state index contributed by atoms with van der Waals surface area (Å²) in [7, 11) is 1.21. The number of nitrogens with zero attached hydrogens (tertiary/aromatic N) is 3. The summed E-state index contributed by atoms with van der Waals surface area (Å²) in [6, 6.07) is 13.9. The van der Waals surface area contributed by atoms with Gasteiger partial charge in [-0.15, -0.1) is 0 Å². The third-order valence-electron chi connectivity index (χ3n) is 6.25. The van der Waals surface area contributed by atoms with E-state index in [1.807, 2.05) is 30.3 Å². The van der Waals surface area contributed by atoms with Crippen LogP contribution in [0.3, 0.4) is 0 Å². The van der Waals surface area contributed by atoms with Crippen molar-refractivity contribution in [2.45, 2.75) is 47.1 Å². The Labute approximate surface area is 230 Å². The van der Waals surface area contributed by atoms with Crippen molar-refractivity contribution in [3.63, 3.8) is 0 Å². The number of hydrogen-bond donors (Lipinski definition) is 4. The molecule has 1 amide bonds. The molecule has 1 aliphatic heterocycles. The molecule has 1 aromatic heterocycles. The van der Waals surface area contributed by atoms with Crippen LogP contribution in [0.5, 0.6) is 0 Å². The summed E-state index contributed by atoms with van der Waals surface area (Å²) in [4.78, 5) is 24.3. The first-order chi connectivity index (χ1) is 18.8. The molecule has 0 spiro atoms. The Kier molecular flexibility index (Phi) is 9.78. The van der Waals surface area contributed by atoms with E-state index in [2.05, 4.69) is 15.6 Å². The van der Waals surface area contributed by atoms with E-state index in [1.165, 1.54) is 36.2 Å². The molecule has 2 heterocycles. The van der Waals surface area contributed by atoms with Crippen LogP contribution in [0.1, 0.15) is 18.0 Å². The van der Waals surface area contributed by atoms with Crippen LogP contribution in [0.25, 0.3) is 11.3 Å². The third kappa shape index (κ3) is 7.07. The number of aliphatic hydroxyl groups is 3. The summed E-state index contributed by atoms with van der Waals surface area (Å²) in [6.07, 6.45) is -2.59. The van der Waals surface area contributed by atoms with Crippen LogP contribution in [-0.2, 0) is 25.6 Å². The Bertz CT molecular complexity index is 1260. The molecular formula is C26H29FN4O7Se. The molecule has 11 nitrogen and oxygen atoms in total. The first-order valence-corrected chi connectivity index (χ1v) is 14.1. The number of methoxy groups -OCH3 is 1. The number of ether oxygens (including phenoxy) is 2. The number of benzene rings is 2. The Balaban J connectivity index is 1.50. The number of aliphatic hydroxyl groups excluding tert-OH is 3. The molecule has 0 bridgehead atoms. The van der Waals surface area contributed by atoms with Gasteiger partial charge in [0.2, 0.25) is 0 Å². The van der Waals surface area contributed by atoms with Gasteiger partial charge in [0.15, 0.2) is 0 Å². The fraction of sp³-hybridized carbons (Fsp3) is 0.385. The molecule has 0 saturated carbocycles. The fourth-order valence-corrected chi connectivity index (χ4v) is 6.96. The molecule has 13 heteroatoms. The standard InChI is InChI=1S/C26H29FN4O7Se/c1-37-25(36)20(11-21(33)28-12-15-6-3-2-4-7-15)39-26-24(35)22(23(34)19(14-32)38-26)31-13-18(29-30-31)16-8-5-9-17(27)10-16/h2-10,13,19-20,22-24,26,32,34-35H,11-12,14H2,1H3,(H,28,33)/t19-,20-,22+,23+,24-,26+/m1/s1. The van der Waals surface area contributed by atoms with Crippen molar-refractivity contribution in [1.29, 1.82) is 0 Å². The summed E-state index contributed by atoms with van der Waals surface area (Å²) in [6.45, 7) is -0.285. The number of carbonyl (C=O) groups is 2. The topological polar surface area (TPSA) is 156 Å². The molecular weight excluding hydrogens is 578 g/mol. The van der Waals surface area contributed by atoms with Crippen molar-refractivity contribution >= 4 is 26.8 Å². The van der Waals surface area contributed by atoms with Crippen molar-refractivity contribution in [1.82, 2.24) is 20.3 Å². The van der Waals surface area contributed by atoms with Crippen molar-refractivity contribution in [2.24, 2.45) is 0 Å². The predicted molar refractivity (Wildman–Crippen MR) is 137 cm³/mol. The first kappa shape index (κ1) is 28.8. The normalized spacial score (nSPS) is 23.7. The summed E-state index contributed by atoms with van der Waals surface area (Å²) in [5, 5.41) is 41.8. The molecule has 39 heavy (non-hydrogen) atoms. The Hall–Kier alpha value is -3.19. The zero-order chi connectivity index (χ0) is 27.9. The van der Waals surface area contributed by atoms with Crippen LogP contribution < -0.4 is 5.32 Å². The molecule has 6 atom stereocenters. The fourth-order valence-electron chi connectivity index (χ4n) is 4.21. The second-order valence-electron chi connectivity index (χ2n) is 8.91. The van der Waals surface area contributed by atoms with Crippen LogP contribution in [0, 0.1) is 5.82 Å². The summed E-state index contributed by atoms with van der Waals surface area (Å²) < 4.78 is 25.6. The van der Waals surface area contributed by atoms with Gasteiger partial charge >= 0.3 is 230 Å². The average molecular weight is 607 g/mol. The Morgan fingerprint density at radius 2 is 1.95 bits per heavy atom. The minimum atomic E-state index is -1.37. The number of aromatic nitrogens is 3. The second kappa shape index (κ2) is 13.2. The second-order valence-corrected chi connectivity index (χ2v) is 11.6. The molecule has 3 aromatic rings. The maximum absolute atomic E-state index is 13.7. The van der Waals surface area contributed by atoms with Crippen LogP contribution in [0.4, 0.5) is 4.39 Å².